The molecule has 2 rings (SSSR count). The number of hydrazine groups is 2. The second kappa shape index (κ2) is 10.8. The molecule has 0 amide bonds. The van der Waals surface area contributed by atoms with Crippen molar-refractivity contribution >= 4 is 28.5 Å². The summed E-state index contributed by atoms with van der Waals surface area (Å²) in [6.45, 7) is 2.60. The van der Waals surface area contributed by atoms with E-state index in [-0.39, 0.29) is 17.8 Å². The van der Waals surface area contributed by atoms with Crippen LogP contribution in [0.25, 0.3) is 0 Å². The van der Waals surface area contributed by atoms with E-state index in [4.69, 9.17) is 39.9 Å². The van der Waals surface area contributed by atoms with Crippen molar-refractivity contribution in [2.75, 3.05) is 19.6 Å². The van der Waals surface area contributed by atoms with E-state index in [0.29, 0.717) is 5.29 Å². The van der Waals surface area contributed by atoms with E-state index in [1.165, 1.54) is 12.8 Å². The van der Waals surface area contributed by atoms with Gasteiger partial charge in [0, 0.05) is 19.6 Å². The summed E-state index contributed by atoms with van der Waals surface area (Å²) >= 11 is 13.2. The third kappa shape index (κ3) is 5.42. The van der Waals surface area contributed by atoms with E-state index in [0.717, 1.165) is 58.2 Å². The van der Waals surface area contributed by atoms with Crippen LogP contribution in [-0.4, -0.2) is 52.6 Å². The Morgan fingerprint density at radius 1 is 1.12 bits per heavy atom. The van der Waals surface area contributed by atoms with Gasteiger partial charge in [-0.05, 0) is 37.3 Å². The van der Waals surface area contributed by atoms with Crippen LogP contribution in [0.3, 0.4) is 0 Å². The Labute approximate surface area is 155 Å². The van der Waals surface area contributed by atoms with Gasteiger partial charge < -0.3 is 4.90 Å². The summed E-state index contributed by atoms with van der Waals surface area (Å²) in [5, 5.41) is 0.505. The Balaban J connectivity index is 2.03. The highest BCUT2D eigenvalue weighted by Crippen LogP contribution is 2.28. The summed E-state index contributed by atoms with van der Waals surface area (Å²) < 4.78 is 0. The number of amidine groups is 1. The third-order valence-corrected chi connectivity index (χ3v) is 5.62. The lowest BCUT2D eigenvalue weighted by Crippen LogP contribution is -2.61. The lowest BCUT2D eigenvalue weighted by molar-refractivity contribution is 0.0682. The van der Waals surface area contributed by atoms with Gasteiger partial charge in [0.15, 0.2) is 10.9 Å². The van der Waals surface area contributed by atoms with Crippen molar-refractivity contribution in [3.63, 3.8) is 0 Å². The average Bonchev–Trinajstić information content (AvgIpc) is 2.64. The van der Waals surface area contributed by atoms with Crippen molar-refractivity contribution in [3.8, 4) is 0 Å². The van der Waals surface area contributed by atoms with E-state index in [9.17, 15) is 0 Å². The van der Waals surface area contributed by atoms with Gasteiger partial charge in [0.2, 0.25) is 0 Å². The molecule has 0 aromatic rings. The van der Waals surface area contributed by atoms with Gasteiger partial charge in [-0.2, -0.15) is 0 Å². The largest absolute Gasteiger partial charge is 0.318 e. The highest BCUT2D eigenvalue weighted by Gasteiger charge is 2.38. The fourth-order valence-electron chi connectivity index (χ4n) is 3.43. The summed E-state index contributed by atoms with van der Waals surface area (Å²) in [6.07, 6.45) is 8.67. The number of fused-ring (bicyclic) bond motifs is 2. The summed E-state index contributed by atoms with van der Waals surface area (Å²) in [4.78, 5) is 8.94. The number of unbranched alkanes of at least 4 members (excludes halogenated alkanes) is 2. The molecule has 4 unspecified atom stereocenters. The van der Waals surface area contributed by atoms with Crippen molar-refractivity contribution in [1.29, 1.82) is 0 Å². The van der Waals surface area contributed by atoms with Crippen LogP contribution in [0, 0.1) is 0 Å². The maximum atomic E-state index is 6.72. The molecule has 2 aliphatic heterocycles. The lowest BCUT2D eigenvalue weighted by atomic mass is 10.0. The molecule has 0 saturated carbocycles. The maximum Gasteiger partial charge on any atom is 0.197 e. The van der Waals surface area contributed by atoms with E-state index in [1.54, 1.807) is 0 Å². The summed E-state index contributed by atoms with van der Waals surface area (Å²) in [6, 6.07) is 0.0359. The molecule has 0 radical (unpaired) electrons. The van der Waals surface area contributed by atoms with Gasteiger partial charge >= 0.3 is 0 Å². The number of hydrogen-bond acceptors (Lipinski definition) is 7. The van der Waals surface area contributed by atoms with Gasteiger partial charge in [-0.15, -0.1) is 0 Å². The Kier molecular flexibility index (Phi) is 9.04. The second-order valence-corrected chi connectivity index (χ2v) is 7.27. The first-order valence-electron chi connectivity index (χ1n) is 8.98. The zero-order valence-corrected chi connectivity index (χ0v) is 15.8. The van der Waals surface area contributed by atoms with Crippen LogP contribution in [0.4, 0.5) is 0 Å². The number of nitrogens with one attached hydrogen (secondary N) is 2. The van der Waals surface area contributed by atoms with Gasteiger partial charge in [0.25, 0.3) is 0 Å². The lowest BCUT2D eigenvalue weighted by Gasteiger charge is -2.45. The predicted molar refractivity (Wildman–Crippen MR) is 100 cm³/mol. The standard InChI is InChI=1S/C15H31Cl2N7/c16-14-21-13(12(22-19)8-4-3-5-9-20-18)23-10-6-1-2-7-11-24(14)15(23)17/h12-13,15,20,22H,1-11,18-19H2. The van der Waals surface area contributed by atoms with Gasteiger partial charge in [-0.3, -0.25) is 22.5 Å². The highest BCUT2D eigenvalue weighted by atomic mass is 35.5. The van der Waals surface area contributed by atoms with Crippen LogP contribution < -0.4 is 22.5 Å². The molecule has 2 bridgehead atoms. The van der Waals surface area contributed by atoms with Crippen molar-refractivity contribution < 1.29 is 0 Å². The van der Waals surface area contributed by atoms with Crippen LogP contribution in [0.15, 0.2) is 4.99 Å². The molecular weight excluding hydrogens is 349 g/mol. The molecular formula is C15H31Cl2N7. The van der Waals surface area contributed by atoms with Crippen LogP contribution in [0.5, 0.6) is 0 Å². The van der Waals surface area contributed by atoms with Gasteiger partial charge in [-0.1, -0.05) is 37.3 Å². The average molecular weight is 380 g/mol. The molecule has 24 heavy (non-hydrogen) atoms. The van der Waals surface area contributed by atoms with Crippen molar-refractivity contribution in [1.82, 2.24) is 20.7 Å². The number of alkyl halides is 1. The first-order chi connectivity index (χ1) is 11.7. The number of rotatable bonds is 8. The molecule has 0 aliphatic carbocycles. The van der Waals surface area contributed by atoms with Crippen LogP contribution in [0.1, 0.15) is 51.4 Å². The third-order valence-electron chi connectivity index (χ3n) is 4.82. The second-order valence-electron chi connectivity index (χ2n) is 6.54. The molecule has 7 nitrogen and oxygen atoms in total. The Hall–Kier alpha value is -0.150. The first-order valence-corrected chi connectivity index (χ1v) is 9.80. The van der Waals surface area contributed by atoms with Crippen molar-refractivity contribution in [2.45, 2.75) is 69.2 Å². The van der Waals surface area contributed by atoms with Crippen molar-refractivity contribution in [2.24, 2.45) is 16.7 Å². The molecule has 0 spiro atoms. The molecule has 1 fully saturated rings. The maximum absolute atomic E-state index is 6.72. The minimum absolute atomic E-state index is 0.0359. The molecule has 140 valence electrons. The monoisotopic (exact) mass is 379 g/mol. The molecule has 9 heteroatoms. The molecule has 2 aliphatic rings. The van der Waals surface area contributed by atoms with E-state index in [2.05, 4.69) is 15.8 Å². The highest BCUT2D eigenvalue weighted by molar-refractivity contribution is 6.65. The molecule has 4 atom stereocenters. The number of halogens is 2. The summed E-state index contributed by atoms with van der Waals surface area (Å²) in [5.74, 6) is 11.1. The van der Waals surface area contributed by atoms with Gasteiger partial charge in [-0.25, -0.2) is 9.89 Å². The predicted octanol–water partition coefficient (Wildman–Crippen LogP) is 1.48. The molecule has 0 aromatic carbocycles. The van der Waals surface area contributed by atoms with Gasteiger partial charge in [0.1, 0.15) is 6.17 Å². The fraction of sp³-hybridized carbons (Fsp3) is 0.933. The number of aliphatic imine (C=N–C) groups is 1. The number of nitrogens with zero attached hydrogens (tertiary/aromatic N) is 3. The first kappa shape index (κ1) is 20.2. The van der Waals surface area contributed by atoms with Crippen LogP contribution >= 0.6 is 23.2 Å². The topological polar surface area (TPSA) is 94.9 Å². The van der Waals surface area contributed by atoms with Crippen molar-refractivity contribution in [3.05, 3.63) is 0 Å². The minimum Gasteiger partial charge on any atom is -0.318 e. The number of nitrogens with two attached hydrogens (primary N) is 2. The summed E-state index contributed by atoms with van der Waals surface area (Å²) in [7, 11) is 0. The Bertz CT molecular complexity index is 396. The normalized spacial score (nSPS) is 29.4. The van der Waals surface area contributed by atoms with Crippen LogP contribution in [-0.2, 0) is 0 Å². The van der Waals surface area contributed by atoms with E-state index >= 15 is 0 Å². The van der Waals surface area contributed by atoms with Gasteiger partial charge in [0.05, 0.1) is 6.04 Å². The molecule has 2 heterocycles. The SMILES string of the molecule is NNCCCCCC(NN)C1N=C(Cl)N2CCCCCCN1C2Cl. The molecule has 6 N–H and O–H groups in total. The molecule has 0 aromatic heterocycles. The molecule has 1 saturated heterocycles. The minimum atomic E-state index is -0.254. The quantitative estimate of drug-likeness (QED) is 0.168. The zero-order chi connectivity index (χ0) is 17.4. The van der Waals surface area contributed by atoms with E-state index < -0.39 is 0 Å². The zero-order valence-electron chi connectivity index (χ0n) is 14.3. The van der Waals surface area contributed by atoms with E-state index in [1.807, 2.05) is 4.90 Å². The number of hydrogen-bond donors (Lipinski definition) is 4. The smallest absolute Gasteiger partial charge is 0.197 e. The van der Waals surface area contributed by atoms with Crippen LogP contribution in [0.2, 0.25) is 0 Å². The fourth-order valence-corrected chi connectivity index (χ4v) is 4.16. The Morgan fingerprint density at radius 3 is 2.58 bits per heavy atom. The Morgan fingerprint density at radius 2 is 1.88 bits per heavy atom. The summed E-state index contributed by atoms with van der Waals surface area (Å²) in [5.41, 5.74) is 5.36.